The zero-order valence-corrected chi connectivity index (χ0v) is 32.0. The average molecular weight is 733 g/mol. The van der Waals surface area contributed by atoms with Crippen molar-refractivity contribution in [1.29, 1.82) is 0 Å². The number of rotatable bonds is 8. The summed E-state index contributed by atoms with van der Waals surface area (Å²) < 4.78 is 2.38. The minimum absolute atomic E-state index is 0.757. The highest BCUT2D eigenvalue weighted by Crippen LogP contribution is 2.53. The van der Waals surface area contributed by atoms with Crippen LogP contribution in [0.15, 0.2) is 200 Å². The largest absolute Gasteiger partial charge is 0.310 e. The smallest absolute Gasteiger partial charge is 0.0542 e. The van der Waals surface area contributed by atoms with Gasteiger partial charge in [0.15, 0.2) is 0 Å². The van der Waals surface area contributed by atoms with E-state index < -0.39 is 0 Å². The summed E-state index contributed by atoms with van der Waals surface area (Å²) in [6.07, 6.45) is 5.69. The molecular formula is C55H44N2. The first-order valence-electron chi connectivity index (χ1n) is 20.6. The summed E-state index contributed by atoms with van der Waals surface area (Å²) in [6, 6.07) is 73.6. The summed E-state index contributed by atoms with van der Waals surface area (Å²) in [5.74, 6) is 2.61. The number of hydrogen-bond donors (Lipinski definition) is 0. The number of para-hydroxylation sites is 2. The van der Waals surface area contributed by atoms with Gasteiger partial charge >= 0.3 is 0 Å². The quantitative estimate of drug-likeness (QED) is 0.151. The van der Waals surface area contributed by atoms with Gasteiger partial charge in [-0.1, -0.05) is 146 Å². The van der Waals surface area contributed by atoms with E-state index in [0.717, 1.165) is 34.8 Å². The van der Waals surface area contributed by atoms with Gasteiger partial charge in [0.2, 0.25) is 0 Å². The van der Waals surface area contributed by atoms with E-state index in [4.69, 9.17) is 0 Å². The van der Waals surface area contributed by atoms with Crippen LogP contribution in [0.1, 0.15) is 37.2 Å². The number of anilines is 3. The Morgan fingerprint density at radius 1 is 0.386 bits per heavy atom. The standard InChI is InChI=1S/C55H44N2/c1-3-9-39(10-4-1)40-17-19-41(20-18-40)43-25-29-48(30-26-43)56(49-31-27-44(28-32-49)42-21-23-45(24-22-42)52-36-38-15-16-46(52)35-38)50-33-34-55-53(37-50)51-13-7-8-14-54(51)57(55)47-11-5-2-6-12-47/h1-14,17-34,37-38,46,52H,15-16,35-36H2. The van der Waals surface area contributed by atoms with Crippen molar-refractivity contribution in [3.63, 3.8) is 0 Å². The van der Waals surface area contributed by atoms with E-state index in [1.54, 1.807) is 0 Å². The summed E-state index contributed by atoms with van der Waals surface area (Å²) in [6.45, 7) is 0. The van der Waals surface area contributed by atoms with E-state index >= 15 is 0 Å². The first-order valence-corrected chi connectivity index (χ1v) is 20.6. The molecular weight excluding hydrogens is 689 g/mol. The lowest BCUT2D eigenvalue weighted by molar-refractivity contribution is 0.420. The lowest BCUT2D eigenvalue weighted by atomic mass is 9.83. The molecule has 1 heterocycles. The van der Waals surface area contributed by atoms with Crippen LogP contribution in [0.2, 0.25) is 0 Å². The van der Waals surface area contributed by atoms with Crippen LogP contribution in [0.25, 0.3) is 60.9 Å². The third kappa shape index (κ3) is 6.13. The second-order valence-corrected chi connectivity index (χ2v) is 16.2. The normalized spacial score (nSPS) is 17.4. The summed E-state index contributed by atoms with van der Waals surface area (Å²) in [5, 5.41) is 2.48. The molecule has 0 spiro atoms. The molecule has 9 aromatic rings. The monoisotopic (exact) mass is 732 g/mol. The highest BCUT2D eigenvalue weighted by atomic mass is 15.1. The van der Waals surface area contributed by atoms with E-state index in [0.29, 0.717) is 0 Å². The van der Waals surface area contributed by atoms with Crippen molar-refractivity contribution in [1.82, 2.24) is 4.57 Å². The molecule has 2 nitrogen and oxygen atoms in total. The second-order valence-electron chi connectivity index (χ2n) is 16.2. The predicted molar refractivity (Wildman–Crippen MR) is 240 cm³/mol. The lowest BCUT2D eigenvalue weighted by Gasteiger charge is -2.26. The molecule has 0 amide bonds. The first-order chi connectivity index (χ1) is 28.2. The maximum absolute atomic E-state index is 2.40. The van der Waals surface area contributed by atoms with Gasteiger partial charge in [-0.3, -0.25) is 0 Å². The Morgan fingerprint density at radius 2 is 0.877 bits per heavy atom. The number of nitrogens with zero attached hydrogens (tertiary/aromatic N) is 2. The number of hydrogen-bond acceptors (Lipinski definition) is 1. The molecule has 2 aliphatic carbocycles. The molecule has 2 bridgehead atoms. The van der Waals surface area contributed by atoms with Gasteiger partial charge in [0.05, 0.1) is 11.0 Å². The van der Waals surface area contributed by atoms with Crippen LogP contribution in [0.4, 0.5) is 17.1 Å². The third-order valence-electron chi connectivity index (χ3n) is 12.9. The van der Waals surface area contributed by atoms with E-state index in [1.165, 1.54) is 92.1 Å². The topological polar surface area (TPSA) is 8.17 Å². The fourth-order valence-corrected chi connectivity index (χ4v) is 10.1. The van der Waals surface area contributed by atoms with E-state index in [2.05, 4.69) is 210 Å². The Balaban J connectivity index is 0.968. The lowest BCUT2D eigenvalue weighted by Crippen LogP contribution is -2.10. The predicted octanol–water partition coefficient (Wildman–Crippen LogP) is 15.2. The van der Waals surface area contributed by atoms with Gasteiger partial charge in [-0.25, -0.2) is 0 Å². The van der Waals surface area contributed by atoms with Gasteiger partial charge in [0.25, 0.3) is 0 Å². The van der Waals surface area contributed by atoms with Gasteiger partial charge in [-0.15, -0.1) is 0 Å². The molecule has 3 unspecified atom stereocenters. The zero-order valence-electron chi connectivity index (χ0n) is 32.0. The molecule has 0 N–H and O–H groups in total. The molecule has 3 atom stereocenters. The number of aromatic nitrogens is 1. The molecule has 1 aromatic heterocycles. The fraction of sp³-hybridized carbons (Fsp3) is 0.127. The molecule has 0 radical (unpaired) electrons. The Labute approximate surface area is 335 Å². The summed E-state index contributed by atoms with van der Waals surface area (Å²) >= 11 is 0. The fourth-order valence-electron chi connectivity index (χ4n) is 10.1. The van der Waals surface area contributed by atoms with Crippen LogP contribution in [-0.4, -0.2) is 4.57 Å². The third-order valence-corrected chi connectivity index (χ3v) is 12.9. The maximum atomic E-state index is 2.40. The number of benzene rings is 8. The van der Waals surface area contributed by atoms with E-state index in [9.17, 15) is 0 Å². The van der Waals surface area contributed by atoms with Crippen LogP contribution in [-0.2, 0) is 0 Å². The van der Waals surface area contributed by atoms with Crippen LogP contribution in [0.5, 0.6) is 0 Å². The van der Waals surface area contributed by atoms with Gasteiger partial charge in [0, 0.05) is 33.5 Å². The summed E-state index contributed by atoms with van der Waals surface area (Å²) in [7, 11) is 0. The van der Waals surface area contributed by atoms with Crippen LogP contribution in [0, 0.1) is 11.8 Å². The molecule has 2 fully saturated rings. The van der Waals surface area contributed by atoms with Crippen LogP contribution in [0.3, 0.4) is 0 Å². The molecule has 0 aliphatic heterocycles. The molecule has 8 aromatic carbocycles. The Hall–Kier alpha value is -6.64. The molecule has 57 heavy (non-hydrogen) atoms. The summed E-state index contributed by atoms with van der Waals surface area (Å²) in [4.78, 5) is 2.40. The Bertz CT molecular complexity index is 2820. The van der Waals surface area contributed by atoms with Gasteiger partial charge in [-0.05, 0) is 137 Å². The average Bonchev–Trinajstić information content (AvgIpc) is 4.02. The van der Waals surface area contributed by atoms with Gasteiger partial charge < -0.3 is 9.47 Å². The van der Waals surface area contributed by atoms with Crippen molar-refractivity contribution in [2.75, 3.05) is 4.90 Å². The van der Waals surface area contributed by atoms with E-state index in [-0.39, 0.29) is 0 Å². The van der Waals surface area contributed by atoms with Crippen molar-refractivity contribution in [2.45, 2.75) is 31.6 Å². The maximum Gasteiger partial charge on any atom is 0.0542 e. The second kappa shape index (κ2) is 14.1. The minimum atomic E-state index is 0.757. The van der Waals surface area contributed by atoms with Crippen LogP contribution >= 0.6 is 0 Å². The summed E-state index contributed by atoms with van der Waals surface area (Å²) in [5.41, 5.74) is 15.9. The SMILES string of the molecule is c1ccc(-c2ccc(-c3ccc(N(c4ccc(-c5ccc(C6CC7CCC6C7)cc5)cc4)c4ccc5c(c4)c4ccccc4n5-c4ccccc4)cc3)cc2)cc1. The van der Waals surface area contributed by atoms with Crippen molar-refractivity contribution in [2.24, 2.45) is 11.8 Å². The van der Waals surface area contributed by atoms with Gasteiger partial charge in [-0.2, -0.15) is 0 Å². The highest BCUT2D eigenvalue weighted by Gasteiger charge is 2.40. The van der Waals surface area contributed by atoms with Crippen molar-refractivity contribution in [3.8, 4) is 39.1 Å². The van der Waals surface area contributed by atoms with Crippen LogP contribution < -0.4 is 4.90 Å². The first kappa shape index (κ1) is 33.7. The van der Waals surface area contributed by atoms with Crippen molar-refractivity contribution in [3.05, 3.63) is 206 Å². The number of fused-ring (bicyclic) bond motifs is 5. The molecule has 2 heteroatoms. The molecule has 11 rings (SSSR count). The zero-order chi connectivity index (χ0) is 37.7. The Morgan fingerprint density at radius 3 is 1.46 bits per heavy atom. The molecule has 274 valence electrons. The van der Waals surface area contributed by atoms with E-state index in [1.807, 2.05) is 0 Å². The highest BCUT2D eigenvalue weighted by molar-refractivity contribution is 6.10. The van der Waals surface area contributed by atoms with Crippen molar-refractivity contribution < 1.29 is 0 Å². The molecule has 2 saturated carbocycles. The van der Waals surface area contributed by atoms with Gasteiger partial charge in [0.1, 0.15) is 0 Å². The minimum Gasteiger partial charge on any atom is -0.310 e. The Kier molecular flexibility index (Phi) is 8.35. The molecule has 0 saturated heterocycles. The van der Waals surface area contributed by atoms with Crippen molar-refractivity contribution >= 4 is 38.9 Å². The molecule has 2 aliphatic rings.